The van der Waals surface area contributed by atoms with Crippen LogP contribution in [0.4, 0.5) is 0 Å². The molecule has 0 bridgehead atoms. The summed E-state index contributed by atoms with van der Waals surface area (Å²) < 4.78 is 0. The second kappa shape index (κ2) is 17.6. The lowest BCUT2D eigenvalue weighted by Gasteiger charge is -2.43. The van der Waals surface area contributed by atoms with Crippen LogP contribution in [0.3, 0.4) is 0 Å². The fourth-order valence-corrected chi connectivity index (χ4v) is 15.9. The van der Waals surface area contributed by atoms with Gasteiger partial charge >= 0.3 is 0 Å². The maximum atomic E-state index is 4.71. The zero-order valence-corrected chi connectivity index (χ0v) is 32.3. The Morgan fingerprint density at radius 2 is 0.549 bits per heavy atom. The average Bonchev–Trinajstić information content (AvgIpc) is 3.21. The molecule has 0 amide bonds. The van der Waals surface area contributed by atoms with Crippen molar-refractivity contribution >= 4 is 68.2 Å². The van der Waals surface area contributed by atoms with Gasteiger partial charge in [-0.05, 0) is 104 Å². The molecule has 252 valence electrons. The Bertz CT molecular complexity index is 1720. The maximum absolute atomic E-state index is 4.71. The first-order valence-corrected chi connectivity index (χ1v) is 22.6. The molecule has 0 fully saturated rings. The normalized spacial score (nSPS) is 11.7. The van der Waals surface area contributed by atoms with E-state index in [1.165, 1.54) is 37.4 Å². The second-order valence-electron chi connectivity index (χ2n) is 13.1. The number of thiol groups is 1. The minimum Gasteiger partial charge on any atom is -0.143 e. The Kier molecular flexibility index (Phi) is 12.3. The van der Waals surface area contributed by atoms with Crippen molar-refractivity contribution in [2.24, 2.45) is 5.41 Å². The molecule has 0 unspecified atom stereocenters. The predicted molar refractivity (Wildman–Crippen MR) is 232 cm³/mol. The fraction of sp³-hybridized carbons (Fsp3) is 0.106. The fourth-order valence-electron chi connectivity index (χ4n) is 7.01. The van der Waals surface area contributed by atoms with Gasteiger partial charge in [0.2, 0.25) is 0 Å². The summed E-state index contributed by atoms with van der Waals surface area (Å²) in [6.45, 7) is 0. The molecule has 0 nitrogen and oxygen atoms in total. The van der Waals surface area contributed by atoms with Crippen molar-refractivity contribution in [1.82, 2.24) is 0 Å². The third-order valence-electron chi connectivity index (χ3n) is 9.40. The van der Waals surface area contributed by atoms with Crippen LogP contribution in [0.25, 0.3) is 0 Å². The van der Waals surface area contributed by atoms with Crippen LogP contribution < -0.4 is 31.8 Å². The highest BCUT2D eigenvalue weighted by Crippen LogP contribution is 2.54. The average molecular weight is 733 g/mol. The summed E-state index contributed by atoms with van der Waals surface area (Å²) in [5.41, 5.74) is 1.33. The van der Waals surface area contributed by atoms with Gasteiger partial charge in [0.1, 0.15) is 0 Å². The van der Waals surface area contributed by atoms with Crippen molar-refractivity contribution in [3.05, 3.63) is 212 Å². The van der Waals surface area contributed by atoms with Crippen molar-refractivity contribution in [2.45, 2.75) is 11.3 Å². The first-order valence-electron chi connectivity index (χ1n) is 17.6. The van der Waals surface area contributed by atoms with E-state index in [0.717, 1.165) is 29.8 Å². The standard InChI is InChI=1S/C47H43P3S/c51-46-33-31-39(32-34-46)35-47(36-48(40-19-7-1-8-20-40)41-21-9-2-10-22-41,37-49(42-23-11-3-12-24-42)43-25-13-4-14-26-43)38-50(44-27-15-5-16-28-44)45-29-17-6-18-30-45/h1-34,51H,35-38H2. The van der Waals surface area contributed by atoms with Gasteiger partial charge < -0.3 is 0 Å². The molecule has 0 saturated heterocycles. The highest BCUT2D eigenvalue weighted by atomic mass is 32.1. The number of benzene rings is 7. The summed E-state index contributed by atoms with van der Waals surface area (Å²) in [5.74, 6) is 0. The Labute approximate surface area is 313 Å². The Morgan fingerprint density at radius 1 is 0.314 bits per heavy atom. The van der Waals surface area contributed by atoms with Gasteiger partial charge in [0.25, 0.3) is 0 Å². The Morgan fingerprint density at radius 3 is 0.784 bits per heavy atom. The highest BCUT2D eigenvalue weighted by molar-refractivity contribution is 7.80. The first-order chi connectivity index (χ1) is 25.2. The van der Waals surface area contributed by atoms with Crippen molar-refractivity contribution in [3.63, 3.8) is 0 Å². The van der Waals surface area contributed by atoms with E-state index in [4.69, 9.17) is 12.6 Å². The minimum atomic E-state index is -0.672. The molecular weight excluding hydrogens is 690 g/mol. The molecule has 0 spiro atoms. The smallest absolute Gasteiger partial charge is 0.00401 e. The van der Waals surface area contributed by atoms with Crippen LogP contribution in [0, 0.1) is 5.41 Å². The van der Waals surface area contributed by atoms with Crippen molar-refractivity contribution in [1.29, 1.82) is 0 Å². The molecule has 7 rings (SSSR count). The largest absolute Gasteiger partial charge is 0.143 e. The number of hydrogen-bond donors (Lipinski definition) is 1. The molecule has 0 aliphatic carbocycles. The zero-order valence-electron chi connectivity index (χ0n) is 28.7. The summed E-state index contributed by atoms with van der Waals surface area (Å²) in [4.78, 5) is 1.01. The summed E-state index contributed by atoms with van der Waals surface area (Å²) in [6.07, 6.45) is 4.28. The van der Waals surface area contributed by atoms with Crippen LogP contribution >= 0.6 is 36.4 Å². The van der Waals surface area contributed by atoms with E-state index in [-0.39, 0.29) is 5.41 Å². The van der Waals surface area contributed by atoms with E-state index >= 15 is 0 Å². The Balaban J connectivity index is 1.46. The lowest BCUT2D eigenvalue weighted by atomic mass is 9.87. The number of hydrogen-bond acceptors (Lipinski definition) is 1. The topological polar surface area (TPSA) is 0 Å². The minimum absolute atomic E-state index is 0.0513. The van der Waals surface area contributed by atoms with Gasteiger partial charge in [-0.1, -0.05) is 194 Å². The lowest BCUT2D eigenvalue weighted by molar-refractivity contribution is 0.436. The number of rotatable bonds is 14. The van der Waals surface area contributed by atoms with Crippen LogP contribution in [-0.2, 0) is 6.42 Å². The van der Waals surface area contributed by atoms with E-state index in [1.807, 2.05) is 0 Å². The van der Waals surface area contributed by atoms with Crippen molar-refractivity contribution in [3.8, 4) is 0 Å². The monoisotopic (exact) mass is 732 g/mol. The molecule has 51 heavy (non-hydrogen) atoms. The van der Waals surface area contributed by atoms with Crippen LogP contribution in [0.1, 0.15) is 5.56 Å². The van der Waals surface area contributed by atoms with E-state index in [9.17, 15) is 0 Å². The van der Waals surface area contributed by atoms with Gasteiger partial charge in [0, 0.05) is 4.90 Å². The first kappa shape index (κ1) is 35.6. The van der Waals surface area contributed by atoms with Gasteiger partial charge in [-0.3, -0.25) is 0 Å². The molecule has 0 atom stereocenters. The summed E-state index contributed by atoms with van der Waals surface area (Å²) >= 11 is 4.71. The molecule has 0 N–H and O–H groups in total. The summed E-state index contributed by atoms with van der Waals surface area (Å²) in [6, 6.07) is 77.0. The molecule has 7 aromatic rings. The molecule has 0 aliphatic rings. The third kappa shape index (κ3) is 9.35. The van der Waals surface area contributed by atoms with Crippen molar-refractivity contribution < 1.29 is 0 Å². The molecule has 0 aromatic heterocycles. The van der Waals surface area contributed by atoms with Crippen LogP contribution in [0.2, 0.25) is 0 Å². The van der Waals surface area contributed by atoms with Gasteiger partial charge in [-0.25, -0.2) is 0 Å². The SMILES string of the molecule is Sc1ccc(CC(CP(c2ccccc2)c2ccccc2)(CP(c2ccccc2)c2ccccc2)CP(c2ccccc2)c2ccccc2)cc1. The quantitative estimate of drug-likeness (QED) is 0.0836. The van der Waals surface area contributed by atoms with E-state index < -0.39 is 23.8 Å². The predicted octanol–water partition coefficient (Wildman–Crippen LogP) is 9.90. The molecule has 0 heterocycles. The second-order valence-corrected chi connectivity index (χ2v) is 20.2. The van der Waals surface area contributed by atoms with Crippen molar-refractivity contribution in [2.75, 3.05) is 18.5 Å². The van der Waals surface area contributed by atoms with Gasteiger partial charge in [-0.2, -0.15) is 0 Å². The molecule has 0 aliphatic heterocycles. The molecule has 0 radical (unpaired) electrons. The van der Waals surface area contributed by atoms with Gasteiger partial charge in [-0.15, -0.1) is 12.6 Å². The van der Waals surface area contributed by atoms with E-state index in [2.05, 4.69) is 206 Å². The molecular formula is C47H43P3S. The zero-order chi connectivity index (χ0) is 34.7. The molecule has 7 aromatic carbocycles. The van der Waals surface area contributed by atoms with E-state index in [0.29, 0.717) is 0 Å². The lowest BCUT2D eigenvalue weighted by Crippen LogP contribution is -2.40. The van der Waals surface area contributed by atoms with Crippen LogP contribution in [0.15, 0.2) is 211 Å². The third-order valence-corrected chi connectivity index (χ3v) is 18.2. The highest BCUT2D eigenvalue weighted by Gasteiger charge is 2.40. The van der Waals surface area contributed by atoms with Crippen LogP contribution in [0.5, 0.6) is 0 Å². The van der Waals surface area contributed by atoms with Gasteiger partial charge in [0.15, 0.2) is 0 Å². The van der Waals surface area contributed by atoms with E-state index in [1.54, 1.807) is 0 Å². The molecule has 4 heteroatoms. The Hall–Kier alpha value is -3.82. The summed E-state index contributed by atoms with van der Waals surface area (Å²) in [7, 11) is -2.02. The molecule has 0 saturated carbocycles. The summed E-state index contributed by atoms with van der Waals surface area (Å²) in [5, 5.41) is 8.67. The maximum Gasteiger partial charge on any atom is 0.00401 e. The van der Waals surface area contributed by atoms with Gasteiger partial charge in [0.05, 0.1) is 0 Å². The van der Waals surface area contributed by atoms with Crippen LogP contribution in [-0.4, -0.2) is 18.5 Å².